The van der Waals surface area contributed by atoms with Gasteiger partial charge in [0.25, 0.3) is 0 Å². The van der Waals surface area contributed by atoms with Gasteiger partial charge in [-0.25, -0.2) is 4.98 Å². The van der Waals surface area contributed by atoms with Gasteiger partial charge in [0, 0.05) is 18.4 Å². The molecule has 5 heteroatoms. The Bertz CT molecular complexity index is 607. The molecule has 1 fully saturated rings. The molecule has 1 aliphatic rings. The second-order valence-corrected chi connectivity index (χ2v) is 6.07. The molecule has 0 spiro atoms. The fourth-order valence-electron chi connectivity index (χ4n) is 3.00. The average molecular weight is 315 g/mol. The molecule has 23 heavy (non-hydrogen) atoms. The summed E-state index contributed by atoms with van der Waals surface area (Å²) >= 11 is 0. The molecule has 1 saturated carbocycles. The number of aromatic amines is 1. The highest BCUT2D eigenvalue weighted by molar-refractivity contribution is 5.44. The molecule has 0 amide bonds. The fourth-order valence-corrected chi connectivity index (χ4v) is 3.00. The lowest BCUT2D eigenvalue weighted by Crippen LogP contribution is -2.19. The van der Waals surface area contributed by atoms with Crippen LogP contribution in [0.4, 0.5) is 0 Å². The number of imidazole rings is 1. The maximum atomic E-state index is 6.09. The lowest BCUT2D eigenvalue weighted by molar-refractivity contribution is 0.200. The Morgan fingerprint density at radius 1 is 1.30 bits per heavy atom. The number of hydrogen-bond donors (Lipinski definition) is 2. The normalized spacial score (nSPS) is 16.4. The van der Waals surface area contributed by atoms with Gasteiger partial charge >= 0.3 is 0 Å². The van der Waals surface area contributed by atoms with E-state index in [4.69, 9.17) is 9.47 Å². The molecule has 3 rings (SSSR count). The van der Waals surface area contributed by atoms with Crippen LogP contribution in [0.3, 0.4) is 0 Å². The molecule has 0 radical (unpaired) electrons. The van der Waals surface area contributed by atoms with Gasteiger partial charge in [0.15, 0.2) is 11.5 Å². The summed E-state index contributed by atoms with van der Waals surface area (Å²) in [5, 5.41) is 3.46. The molecule has 0 saturated heterocycles. The van der Waals surface area contributed by atoms with Gasteiger partial charge in [0.1, 0.15) is 5.82 Å². The van der Waals surface area contributed by atoms with Crippen molar-refractivity contribution in [3.05, 3.63) is 42.0 Å². The van der Waals surface area contributed by atoms with Crippen LogP contribution in [0, 0.1) is 0 Å². The van der Waals surface area contributed by atoms with E-state index in [1.807, 2.05) is 12.3 Å². The predicted octanol–water partition coefficient (Wildman–Crippen LogP) is 3.59. The highest BCUT2D eigenvalue weighted by atomic mass is 16.5. The molecule has 1 aromatic carbocycles. The van der Waals surface area contributed by atoms with Crippen molar-refractivity contribution in [2.45, 2.75) is 51.3 Å². The average Bonchev–Trinajstić information content (AvgIpc) is 3.26. The van der Waals surface area contributed by atoms with Crippen molar-refractivity contribution in [1.29, 1.82) is 0 Å². The monoisotopic (exact) mass is 315 g/mol. The standard InChI is InChI=1S/C18H25N3O2/c1-13(21-12-18-19-9-10-20-18)14-7-8-16(17(11-14)22-2)23-15-5-3-4-6-15/h7-11,13,15,21H,3-6,12H2,1-2H3,(H,19,20). The highest BCUT2D eigenvalue weighted by Crippen LogP contribution is 2.33. The molecular formula is C18H25N3O2. The largest absolute Gasteiger partial charge is 0.493 e. The molecule has 0 bridgehead atoms. The Labute approximate surface area is 137 Å². The van der Waals surface area contributed by atoms with Gasteiger partial charge < -0.3 is 19.8 Å². The number of rotatable bonds is 7. The summed E-state index contributed by atoms with van der Waals surface area (Å²) in [5.74, 6) is 2.59. The van der Waals surface area contributed by atoms with E-state index in [-0.39, 0.29) is 6.04 Å². The van der Waals surface area contributed by atoms with Gasteiger partial charge in [-0.2, -0.15) is 0 Å². The number of nitrogens with one attached hydrogen (secondary N) is 2. The molecule has 1 heterocycles. The van der Waals surface area contributed by atoms with Gasteiger partial charge in [-0.15, -0.1) is 0 Å². The molecule has 1 aromatic heterocycles. The van der Waals surface area contributed by atoms with Crippen LogP contribution in [0.1, 0.15) is 50.0 Å². The molecule has 0 aliphatic heterocycles. The quantitative estimate of drug-likeness (QED) is 0.820. The molecule has 1 atom stereocenters. The molecule has 5 nitrogen and oxygen atoms in total. The Hall–Kier alpha value is -2.01. The summed E-state index contributed by atoms with van der Waals surface area (Å²) in [6.07, 6.45) is 8.75. The van der Waals surface area contributed by atoms with Gasteiger partial charge in [-0.3, -0.25) is 0 Å². The van der Waals surface area contributed by atoms with Crippen LogP contribution in [0.5, 0.6) is 11.5 Å². The highest BCUT2D eigenvalue weighted by Gasteiger charge is 2.19. The third kappa shape index (κ3) is 4.05. The van der Waals surface area contributed by atoms with Crippen molar-refractivity contribution in [1.82, 2.24) is 15.3 Å². The number of H-pyrrole nitrogens is 1. The maximum Gasteiger partial charge on any atom is 0.161 e. The van der Waals surface area contributed by atoms with Crippen molar-refractivity contribution in [2.75, 3.05) is 7.11 Å². The first-order valence-corrected chi connectivity index (χ1v) is 8.32. The van der Waals surface area contributed by atoms with Gasteiger partial charge in [0.05, 0.1) is 19.8 Å². The number of hydrogen-bond acceptors (Lipinski definition) is 4. The number of methoxy groups -OCH3 is 1. The zero-order chi connectivity index (χ0) is 16.1. The first-order valence-electron chi connectivity index (χ1n) is 8.32. The number of ether oxygens (including phenoxy) is 2. The predicted molar refractivity (Wildman–Crippen MR) is 89.7 cm³/mol. The molecular weight excluding hydrogens is 290 g/mol. The van der Waals surface area contributed by atoms with E-state index >= 15 is 0 Å². The van der Waals surface area contributed by atoms with E-state index in [2.05, 4.69) is 34.3 Å². The minimum absolute atomic E-state index is 0.203. The molecule has 2 aromatic rings. The summed E-state index contributed by atoms with van der Waals surface area (Å²) in [5.41, 5.74) is 1.17. The third-order valence-corrected chi connectivity index (χ3v) is 4.41. The lowest BCUT2D eigenvalue weighted by Gasteiger charge is -2.19. The van der Waals surface area contributed by atoms with E-state index in [1.165, 1.54) is 18.4 Å². The fraction of sp³-hybridized carbons (Fsp3) is 0.500. The third-order valence-electron chi connectivity index (χ3n) is 4.41. The topological polar surface area (TPSA) is 59.2 Å². The second kappa shape index (κ2) is 7.51. The maximum absolute atomic E-state index is 6.09. The number of aromatic nitrogens is 2. The van der Waals surface area contributed by atoms with Gasteiger partial charge in [-0.1, -0.05) is 6.07 Å². The second-order valence-electron chi connectivity index (χ2n) is 6.07. The van der Waals surface area contributed by atoms with Crippen LogP contribution in [0.2, 0.25) is 0 Å². The van der Waals surface area contributed by atoms with Crippen molar-refractivity contribution < 1.29 is 9.47 Å². The smallest absolute Gasteiger partial charge is 0.161 e. The van der Waals surface area contributed by atoms with Crippen molar-refractivity contribution in [3.63, 3.8) is 0 Å². The summed E-state index contributed by atoms with van der Waals surface area (Å²) in [4.78, 5) is 7.32. The Morgan fingerprint density at radius 2 is 2.13 bits per heavy atom. The first kappa shape index (κ1) is 15.9. The molecule has 124 valence electrons. The van der Waals surface area contributed by atoms with Crippen LogP contribution in [-0.4, -0.2) is 23.2 Å². The molecule has 1 aliphatic carbocycles. The lowest BCUT2D eigenvalue weighted by atomic mass is 10.1. The Balaban J connectivity index is 1.64. The zero-order valence-corrected chi connectivity index (χ0v) is 13.8. The zero-order valence-electron chi connectivity index (χ0n) is 13.8. The summed E-state index contributed by atoms with van der Waals surface area (Å²) < 4.78 is 11.6. The van der Waals surface area contributed by atoms with E-state index in [1.54, 1.807) is 13.3 Å². The van der Waals surface area contributed by atoms with E-state index in [0.29, 0.717) is 12.6 Å². The van der Waals surface area contributed by atoms with Crippen LogP contribution < -0.4 is 14.8 Å². The summed E-state index contributed by atoms with van der Waals surface area (Å²) in [7, 11) is 1.70. The summed E-state index contributed by atoms with van der Waals surface area (Å²) in [6.45, 7) is 2.84. The van der Waals surface area contributed by atoms with E-state index < -0.39 is 0 Å². The summed E-state index contributed by atoms with van der Waals surface area (Å²) in [6, 6.07) is 6.39. The van der Waals surface area contributed by atoms with E-state index in [9.17, 15) is 0 Å². The van der Waals surface area contributed by atoms with Crippen LogP contribution in [0.25, 0.3) is 0 Å². The molecule has 1 unspecified atom stereocenters. The van der Waals surface area contributed by atoms with Gasteiger partial charge in [0.2, 0.25) is 0 Å². The van der Waals surface area contributed by atoms with Crippen molar-refractivity contribution in [3.8, 4) is 11.5 Å². The number of benzene rings is 1. The Kier molecular flexibility index (Phi) is 5.18. The minimum Gasteiger partial charge on any atom is -0.493 e. The SMILES string of the molecule is COc1cc(C(C)NCc2ncc[nH]2)ccc1OC1CCCC1. The Morgan fingerprint density at radius 3 is 2.83 bits per heavy atom. The van der Waals surface area contributed by atoms with E-state index in [0.717, 1.165) is 30.2 Å². The molecule has 2 N–H and O–H groups in total. The number of nitrogens with zero attached hydrogens (tertiary/aromatic N) is 1. The van der Waals surface area contributed by atoms with Crippen molar-refractivity contribution in [2.24, 2.45) is 0 Å². The first-order chi connectivity index (χ1) is 11.3. The van der Waals surface area contributed by atoms with Crippen molar-refractivity contribution >= 4 is 0 Å². The van der Waals surface area contributed by atoms with Crippen LogP contribution in [0.15, 0.2) is 30.6 Å². The van der Waals surface area contributed by atoms with Gasteiger partial charge in [-0.05, 0) is 50.3 Å². The minimum atomic E-state index is 0.203. The van der Waals surface area contributed by atoms with Crippen LogP contribution >= 0.6 is 0 Å². The van der Waals surface area contributed by atoms with Crippen LogP contribution in [-0.2, 0) is 6.54 Å².